The summed E-state index contributed by atoms with van der Waals surface area (Å²) in [5.41, 5.74) is 3.64. The quantitative estimate of drug-likeness (QED) is 0.851. The lowest BCUT2D eigenvalue weighted by Crippen LogP contribution is -2.25. The van der Waals surface area contributed by atoms with Crippen LogP contribution in [0, 0.1) is 6.92 Å². The monoisotopic (exact) mass is 297 g/mol. The average Bonchev–Trinajstić information content (AvgIpc) is 2.54. The lowest BCUT2D eigenvalue weighted by atomic mass is 10.1. The number of nitrogens with one attached hydrogen (secondary N) is 1. The Morgan fingerprint density at radius 2 is 1.82 bits per heavy atom. The minimum atomic E-state index is 0.106. The second kappa shape index (κ2) is 8.23. The van der Waals surface area contributed by atoms with Gasteiger partial charge in [0.2, 0.25) is 5.91 Å². The Morgan fingerprint density at radius 1 is 1.05 bits per heavy atom. The molecule has 0 spiro atoms. The van der Waals surface area contributed by atoms with E-state index in [1.807, 2.05) is 30.3 Å². The Hall–Kier alpha value is -2.29. The lowest BCUT2D eigenvalue weighted by molar-refractivity contribution is -0.121. The van der Waals surface area contributed by atoms with Crippen LogP contribution in [0.4, 0.5) is 0 Å². The van der Waals surface area contributed by atoms with E-state index in [4.69, 9.17) is 4.74 Å². The fraction of sp³-hybridized carbons (Fsp3) is 0.316. The van der Waals surface area contributed by atoms with Gasteiger partial charge in [-0.15, -0.1) is 0 Å². The maximum atomic E-state index is 11.9. The molecule has 22 heavy (non-hydrogen) atoms. The summed E-state index contributed by atoms with van der Waals surface area (Å²) in [6.07, 6.45) is 2.16. The van der Waals surface area contributed by atoms with Crippen LogP contribution < -0.4 is 10.1 Å². The molecular weight excluding hydrogens is 274 g/mol. The minimum absolute atomic E-state index is 0.106. The number of amides is 1. The summed E-state index contributed by atoms with van der Waals surface area (Å²) in [4.78, 5) is 11.9. The molecule has 3 heteroatoms. The molecule has 2 aromatic rings. The smallest absolute Gasteiger partial charge is 0.220 e. The Balaban J connectivity index is 1.69. The summed E-state index contributed by atoms with van der Waals surface area (Å²) in [7, 11) is 1.66. The van der Waals surface area contributed by atoms with Crippen LogP contribution >= 0.6 is 0 Å². The van der Waals surface area contributed by atoms with Gasteiger partial charge in [-0.1, -0.05) is 42.0 Å². The van der Waals surface area contributed by atoms with Crippen LogP contribution in [0.5, 0.6) is 5.75 Å². The standard InChI is InChI=1S/C19H23NO2/c1-15-4-3-5-17(14-15)8-11-19(21)20-13-12-16-6-9-18(22-2)10-7-16/h3-7,9-10,14H,8,11-13H2,1-2H3,(H,20,21). The summed E-state index contributed by atoms with van der Waals surface area (Å²) in [5.74, 6) is 0.959. The third kappa shape index (κ3) is 5.24. The van der Waals surface area contributed by atoms with E-state index in [0.29, 0.717) is 13.0 Å². The van der Waals surface area contributed by atoms with Crippen molar-refractivity contribution in [1.82, 2.24) is 5.32 Å². The molecule has 0 aliphatic carbocycles. The van der Waals surface area contributed by atoms with Gasteiger partial charge in [-0.3, -0.25) is 4.79 Å². The number of carbonyl (C=O) groups excluding carboxylic acids is 1. The number of ether oxygens (including phenoxy) is 1. The minimum Gasteiger partial charge on any atom is -0.497 e. The predicted molar refractivity (Wildman–Crippen MR) is 89.2 cm³/mol. The molecule has 1 amide bonds. The zero-order valence-electron chi connectivity index (χ0n) is 13.3. The molecule has 0 bridgehead atoms. The van der Waals surface area contributed by atoms with Crippen molar-refractivity contribution in [3.05, 3.63) is 65.2 Å². The van der Waals surface area contributed by atoms with Gasteiger partial charge in [-0.05, 0) is 43.0 Å². The molecule has 0 aliphatic heterocycles. The molecule has 0 unspecified atom stereocenters. The number of hydrogen-bond acceptors (Lipinski definition) is 2. The highest BCUT2D eigenvalue weighted by atomic mass is 16.5. The molecule has 3 nitrogen and oxygen atoms in total. The van der Waals surface area contributed by atoms with E-state index in [1.54, 1.807) is 7.11 Å². The number of benzene rings is 2. The van der Waals surface area contributed by atoms with Gasteiger partial charge < -0.3 is 10.1 Å². The van der Waals surface area contributed by atoms with E-state index in [2.05, 4.69) is 30.4 Å². The molecule has 2 rings (SSSR count). The molecule has 0 radical (unpaired) electrons. The van der Waals surface area contributed by atoms with Gasteiger partial charge in [-0.2, -0.15) is 0 Å². The van der Waals surface area contributed by atoms with Gasteiger partial charge in [-0.25, -0.2) is 0 Å². The highest BCUT2D eigenvalue weighted by molar-refractivity contribution is 5.76. The van der Waals surface area contributed by atoms with Gasteiger partial charge >= 0.3 is 0 Å². The first-order chi connectivity index (χ1) is 10.7. The van der Waals surface area contributed by atoms with E-state index in [1.165, 1.54) is 16.7 Å². The Labute approximate surface area is 132 Å². The molecule has 0 heterocycles. The SMILES string of the molecule is COc1ccc(CCNC(=O)CCc2cccc(C)c2)cc1. The van der Waals surface area contributed by atoms with Gasteiger partial charge in [0.15, 0.2) is 0 Å². The second-order valence-corrected chi connectivity index (χ2v) is 5.44. The molecule has 0 aromatic heterocycles. The van der Waals surface area contributed by atoms with Crippen molar-refractivity contribution in [1.29, 1.82) is 0 Å². The van der Waals surface area contributed by atoms with Crippen molar-refractivity contribution < 1.29 is 9.53 Å². The van der Waals surface area contributed by atoms with E-state index >= 15 is 0 Å². The van der Waals surface area contributed by atoms with Crippen molar-refractivity contribution >= 4 is 5.91 Å². The van der Waals surface area contributed by atoms with Gasteiger partial charge in [0.25, 0.3) is 0 Å². The first-order valence-corrected chi connectivity index (χ1v) is 7.62. The van der Waals surface area contributed by atoms with Gasteiger partial charge in [0.1, 0.15) is 5.75 Å². The molecule has 0 fully saturated rings. The molecule has 2 aromatic carbocycles. The van der Waals surface area contributed by atoms with E-state index < -0.39 is 0 Å². The van der Waals surface area contributed by atoms with Crippen LogP contribution in [0.15, 0.2) is 48.5 Å². The third-order valence-corrected chi connectivity index (χ3v) is 3.62. The number of hydrogen-bond donors (Lipinski definition) is 1. The zero-order valence-corrected chi connectivity index (χ0v) is 13.3. The molecule has 0 saturated carbocycles. The van der Waals surface area contributed by atoms with Crippen LogP contribution in [-0.2, 0) is 17.6 Å². The van der Waals surface area contributed by atoms with E-state index in [9.17, 15) is 4.79 Å². The molecule has 0 atom stereocenters. The number of aryl methyl sites for hydroxylation is 2. The number of rotatable bonds is 7. The van der Waals surface area contributed by atoms with E-state index in [-0.39, 0.29) is 5.91 Å². The summed E-state index contributed by atoms with van der Waals surface area (Å²) in [6.45, 7) is 2.73. The van der Waals surface area contributed by atoms with Crippen molar-refractivity contribution in [2.24, 2.45) is 0 Å². The largest absolute Gasteiger partial charge is 0.497 e. The second-order valence-electron chi connectivity index (χ2n) is 5.44. The van der Waals surface area contributed by atoms with Gasteiger partial charge in [0.05, 0.1) is 7.11 Å². The van der Waals surface area contributed by atoms with Crippen molar-refractivity contribution in [2.75, 3.05) is 13.7 Å². The van der Waals surface area contributed by atoms with Crippen molar-refractivity contribution in [3.63, 3.8) is 0 Å². The molecule has 0 aliphatic rings. The predicted octanol–water partition coefficient (Wildman–Crippen LogP) is 3.30. The van der Waals surface area contributed by atoms with Gasteiger partial charge in [0, 0.05) is 13.0 Å². The molecule has 0 saturated heterocycles. The summed E-state index contributed by atoms with van der Waals surface area (Å²) in [6, 6.07) is 16.2. The maximum absolute atomic E-state index is 11.9. The average molecular weight is 297 g/mol. The Morgan fingerprint density at radius 3 is 2.50 bits per heavy atom. The zero-order chi connectivity index (χ0) is 15.8. The fourth-order valence-corrected chi connectivity index (χ4v) is 2.35. The first-order valence-electron chi connectivity index (χ1n) is 7.62. The number of methoxy groups -OCH3 is 1. The van der Waals surface area contributed by atoms with Crippen LogP contribution in [0.3, 0.4) is 0 Å². The van der Waals surface area contributed by atoms with Crippen molar-refractivity contribution in [3.8, 4) is 5.75 Å². The van der Waals surface area contributed by atoms with Crippen LogP contribution in [0.2, 0.25) is 0 Å². The Bertz CT molecular complexity index is 605. The molecule has 1 N–H and O–H groups in total. The molecular formula is C19H23NO2. The topological polar surface area (TPSA) is 38.3 Å². The van der Waals surface area contributed by atoms with Crippen LogP contribution in [0.1, 0.15) is 23.1 Å². The highest BCUT2D eigenvalue weighted by Crippen LogP contribution is 2.11. The van der Waals surface area contributed by atoms with Crippen molar-refractivity contribution in [2.45, 2.75) is 26.2 Å². The van der Waals surface area contributed by atoms with Crippen LogP contribution in [-0.4, -0.2) is 19.6 Å². The lowest BCUT2D eigenvalue weighted by Gasteiger charge is -2.07. The number of carbonyl (C=O) groups is 1. The first kappa shape index (κ1) is 16.1. The van der Waals surface area contributed by atoms with Crippen LogP contribution in [0.25, 0.3) is 0 Å². The summed E-state index contributed by atoms with van der Waals surface area (Å²) < 4.78 is 5.12. The van der Waals surface area contributed by atoms with E-state index in [0.717, 1.165) is 18.6 Å². The highest BCUT2D eigenvalue weighted by Gasteiger charge is 2.02. The molecule has 116 valence electrons. The summed E-state index contributed by atoms with van der Waals surface area (Å²) in [5, 5.41) is 2.97. The maximum Gasteiger partial charge on any atom is 0.220 e. The fourth-order valence-electron chi connectivity index (χ4n) is 2.35. The Kier molecular flexibility index (Phi) is 6.01. The normalized spacial score (nSPS) is 10.3. The third-order valence-electron chi connectivity index (χ3n) is 3.62. The summed E-state index contributed by atoms with van der Waals surface area (Å²) >= 11 is 0.